The zero-order valence-electron chi connectivity index (χ0n) is 11.5. The molecule has 4 heteroatoms. The van der Waals surface area contributed by atoms with Crippen molar-refractivity contribution in [2.24, 2.45) is 11.7 Å². The Morgan fingerprint density at radius 1 is 1.19 bits per heavy atom. The van der Waals surface area contributed by atoms with Gasteiger partial charge in [-0.15, -0.1) is 0 Å². The Kier molecular flexibility index (Phi) is 5.26. The Morgan fingerprint density at radius 3 is 2.00 bits per heavy atom. The first kappa shape index (κ1) is 15.2. The second-order valence-electron chi connectivity index (χ2n) is 6.19. The van der Waals surface area contributed by atoms with E-state index in [9.17, 15) is 4.79 Å². The first-order valence-electron chi connectivity index (χ1n) is 5.88. The van der Waals surface area contributed by atoms with E-state index < -0.39 is 0 Å². The predicted molar refractivity (Wildman–Crippen MR) is 68.3 cm³/mol. The van der Waals surface area contributed by atoms with E-state index in [-0.39, 0.29) is 17.1 Å². The van der Waals surface area contributed by atoms with E-state index in [2.05, 4.69) is 24.5 Å². The molecule has 1 atom stereocenters. The van der Waals surface area contributed by atoms with Gasteiger partial charge in [-0.2, -0.15) is 0 Å². The van der Waals surface area contributed by atoms with Crippen LogP contribution in [0.1, 0.15) is 48.0 Å². The van der Waals surface area contributed by atoms with E-state index in [1.165, 1.54) is 0 Å². The molecule has 16 heavy (non-hydrogen) atoms. The first-order chi connectivity index (χ1) is 7.08. The number of rotatable bonds is 4. The van der Waals surface area contributed by atoms with Crippen LogP contribution in [0.5, 0.6) is 0 Å². The molecule has 1 unspecified atom stereocenters. The second-order valence-corrected chi connectivity index (χ2v) is 6.19. The number of carbonyl (C=O) groups is 1. The van der Waals surface area contributed by atoms with Gasteiger partial charge in [-0.05, 0) is 40.0 Å². The topological polar surface area (TPSA) is 67.1 Å². The quantitative estimate of drug-likeness (QED) is 0.688. The van der Waals surface area contributed by atoms with Gasteiger partial charge in [0.1, 0.15) is 0 Å². The summed E-state index contributed by atoms with van der Waals surface area (Å²) >= 11 is 0. The maximum Gasteiger partial charge on any atom is 0.315 e. The van der Waals surface area contributed by atoms with E-state index in [1.807, 2.05) is 27.7 Å². The zero-order chi connectivity index (χ0) is 13.0. The molecule has 0 fully saturated rings. The maximum atomic E-state index is 11.7. The molecule has 2 amide bonds. The fourth-order valence-electron chi connectivity index (χ4n) is 1.73. The third-order valence-electron chi connectivity index (χ3n) is 2.21. The maximum absolute atomic E-state index is 11.7. The fraction of sp³-hybridized carbons (Fsp3) is 0.917. The average molecular weight is 229 g/mol. The summed E-state index contributed by atoms with van der Waals surface area (Å²) in [4.78, 5) is 11.7. The highest BCUT2D eigenvalue weighted by atomic mass is 16.2. The number of carbonyl (C=O) groups excluding carboxylic acids is 1. The lowest BCUT2D eigenvalue weighted by atomic mass is 9.91. The van der Waals surface area contributed by atoms with Crippen molar-refractivity contribution in [1.29, 1.82) is 0 Å². The minimum absolute atomic E-state index is 0.152. The van der Waals surface area contributed by atoms with Gasteiger partial charge in [-0.25, -0.2) is 4.79 Å². The van der Waals surface area contributed by atoms with Gasteiger partial charge >= 0.3 is 6.03 Å². The highest BCUT2D eigenvalue weighted by Crippen LogP contribution is 2.15. The van der Waals surface area contributed by atoms with E-state index in [0.29, 0.717) is 12.5 Å². The number of nitrogens with two attached hydrogens (primary N) is 1. The summed E-state index contributed by atoms with van der Waals surface area (Å²) in [5.41, 5.74) is 5.17. The zero-order valence-corrected chi connectivity index (χ0v) is 11.5. The van der Waals surface area contributed by atoms with Crippen molar-refractivity contribution in [2.45, 2.75) is 59.0 Å². The van der Waals surface area contributed by atoms with E-state index in [4.69, 9.17) is 5.73 Å². The summed E-state index contributed by atoms with van der Waals surface area (Å²) in [7, 11) is 0. The highest BCUT2D eigenvalue weighted by Gasteiger charge is 2.27. The number of urea groups is 1. The third kappa shape index (κ3) is 6.67. The Labute approximate surface area is 99.4 Å². The summed E-state index contributed by atoms with van der Waals surface area (Å²) in [5, 5.41) is 5.83. The highest BCUT2D eigenvalue weighted by molar-refractivity contribution is 5.75. The third-order valence-corrected chi connectivity index (χ3v) is 2.21. The normalized spacial score (nSPS) is 15.8. The van der Waals surface area contributed by atoms with E-state index in [1.54, 1.807) is 0 Å². The minimum Gasteiger partial charge on any atom is -0.334 e. The van der Waals surface area contributed by atoms with Crippen molar-refractivity contribution in [3.63, 3.8) is 0 Å². The van der Waals surface area contributed by atoms with Gasteiger partial charge in [0.25, 0.3) is 0 Å². The molecule has 4 nitrogen and oxygen atoms in total. The molecule has 4 N–H and O–H groups in total. The molecule has 0 aliphatic heterocycles. The van der Waals surface area contributed by atoms with Crippen LogP contribution in [-0.2, 0) is 0 Å². The number of nitrogens with one attached hydrogen (secondary N) is 2. The van der Waals surface area contributed by atoms with Crippen LogP contribution in [-0.4, -0.2) is 23.7 Å². The van der Waals surface area contributed by atoms with Crippen LogP contribution in [0.2, 0.25) is 0 Å². The molecule has 0 aromatic heterocycles. The van der Waals surface area contributed by atoms with Gasteiger partial charge in [-0.1, -0.05) is 13.8 Å². The summed E-state index contributed by atoms with van der Waals surface area (Å²) in [6, 6.07) is -0.152. The average Bonchev–Trinajstić information content (AvgIpc) is 1.98. The largest absolute Gasteiger partial charge is 0.334 e. The smallest absolute Gasteiger partial charge is 0.315 e. The lowest BCUT2D eigenvalue weighted by Gasteiger charge is -2.33. The second kappa shape index (κ2) is 5.53. The van der Waals surface area contributed by atoms with E-state index in [0.717, 1.165) is 6.42 Å². The summed E-state index contributed by atoms with van der Waals surface area (Å²) in [6.45, 7) is 12.5. The molecule has 0 radical (unpaired) electrons. The van der Waals surface area contributed by atoms with Crippen LogP contribution in [0.15, 0.2) is 0 Å². The molecule has 96 valence electrons. The lowest BCUT2D eigenvalue weighted by Crippen LogP contribution is -2.57. The minimum atomic E-state index is -0.330. The molecule has 0 heterocycles. The molecule has 0 aliphatic carbocycles. The standard InChI is InChI=1S/C12H27N3O/c1-9(2)7-12(6,8-13)15-10(16)14-11(3,4)5/h9H,7-8,13H2,1-6H3,(H2,14,15,16). The van der Waals surface area contributed by atoms with Crippen molar-refractivity contribution < 1.29 is 4.79 Å². The molecular weight excluding hydrogens is 202 g/mol. The Bertz CT molecular complexity index is 233. The molecule has 0 saturated carbocycles. The molecule has 0 aliphatic rings. The molecule has 0 bridgehead atoms. The number of amides is 2. The molecule has 0 aromatic carbocycles. The summed E-state index contributed by atoms with van der Waals surface area (Å²) in [6.07, 6.45) is 0.876. The summed E-state index contributed by atoms with van der Waals surface area (Å²) < 4.78 is 0. The Hall–Kier alpha value is -0.770. The van der Waals surface area contributed by atoms with E-state index >= 15 is 0 Å². The van der Waals surface area contributed by atoms with Gasteiger partial charge in [0.2, 0.25) is 0 Å². The predicted octanol–water partition coefficient (Wildman–Crippen LogP) is 1.85. The van der Waals surface area contributed by atoms with Crippen LogP contribution < -0.4 is 16.4 Å². The number of hydrogen-bond donors (Lipinski definition) is 3. The van der Waals surface area contributed by atoms with Crippen molar-refractivity contribution in [2.75, 3.05) is 6.54 Å². The van der Waals surface area contributed by atoms with Crippen LogP contribution >= 0.6 is 0 Å². The Balaban J connectivity index is 4.37. The van der Waals surface area contributed by atoms with Gasteiger partial charge < -0.3 is 16.4 Å². The van der Waals surface area contributed by atoms with Gasteiger partial charge in [0.05, 0.1) is 5.54 Å². The van der Waals surface area contributed by atoms with Gasteiger partial charge in [0, 0.05) is 12.1 Å². The SMILES string of the molecule is CC(C)CC(C)(CN)NC(=O)NC(C)(C)C. The molecule has 0 spiro atoms. The van der Waals surface area contributed by atoms with Crippen LogP contribution in [0.25, 0.3) is 0 Å². The fourth-order valence-corrected chi connectivity index (χ4v) is 1.73. The molecular formula is C12H27N3O. The van der Waals surface area contributed by atoms with Crippen molar-refractivity contribution in [1.82, 2.24) is 10.6 Å². The monoisotopic (exact) mass is 229 g/mol. The number of hydrogen-bond acceptors (Lipinski definition) is 2. The van der Waals surface area contributed by atoms with Crippen LogP contribution in [0, 0.1) is 5.92 Å². The van der Waals surface area contributed by atoms with Crippen molar-refractivity contribution in [3.8, 4) is 0 Å². The van der Waals surface area contributed by atoms with Crippen molar-refractivity contribution in [3.05, 3.63) is 0 Å². The van der Waals surface area contributed by atoms with Crippen LogP contribution in [0.4, 0.5) is 4.79 Å². The van der Waals surface area contributed by atoms with Crippen molar-refractivity contribution >= 4 is 6.03 Å². The van der Waals surface area contributed by atoms with Gasteiger partial charge in [0.15, 0.2) is 0 Å². The van der Waals surface area contributed by atoms with Gasteiger partial charge in [-0.3, -0.25) is 0 Å². The Morgan fingerprint density at radius 2 is 1.69 bits per heavy atom. The molecule has 0 rings (SSSR count). The molecule has 0 aromatic rings. The van der Waals surface area contributed by atoms with Crippen LogP contribution in [0.3, 0.4) is 0 Å². The lowest BCUT2D eigenvalue weighted by molar-refractivity contribution is 0.213. The first-order valence-corrected chi connectivity index (χ1v) is 5.88. The molecule has 0 saturated heterocycles. The summed E-state index contributed by atoms with van der Waals surface area (Å²) in [5.74, 6) is 0.503.